The molecule has 0 saturated carbocycles. The van der Waals surface area contributed by atoms with E-state index in [2.05, 4.69) is 55.5 Å². The third-order valence-corrected chi connectivity index (χ3v) is 5.17. The van der Waals surface area contributed by atoms with E-state index in [4.69, 9.17) is 4.74 Å². The number of ether oxygens (including phenoxy) is 1. The van der Waals surface area contributed by atoms with Gasteiger partial charge in [-0.2, -0.15) is 5.10 Å². The van der Waals surface area contributed by atoms with Crippen LogP contribution in [0.4, 0.5) is 5.82 Å². The van der Waals surface area contributed by atoms with E-state index in [0.717, 1.165) is 28.6 Å². The van der Waals surface area contributed by atoms with E-state index < -0.39 is 0 Å². The van der Waals surface area contributed by atoms with E-state index in [-0.39, 0.29) is 5.91 Å². The smallest absolute Gasteiger partial charge is 0.220 e. The molecule has 0 aliphatic carbocycles. The molecule has 8 nitrogen and oxygen atoms in total. The molecule has 0 fully saturated rings. The lowest BCUT2D eigenvalue weighted by Crippen LogP contribution is -2.27. The van der Waals surface area contributed by atoms with Crippen molar-refractivity contribution in [3.63, 3.8) is 0 Å². The van der Waals surface area contributed by atoms with Crippen LogP contribution in [-0.4, -0.2) is 62.5 Å². The Morgan fingerprint density at radius 2 is 2.18 bits per heavy atom. The first kappa shape index (κ1) is 22.9. The van der Waals surface area contributed by atoms with Crippen LogP contribution in [0.1, 0.15) is 33.6 Å². The lowest BCUT2D eigenvalue weighted by molar-refractivity contribution is -0.121. The zero-order chi connectivity index (χ0) is 20.4. The summed E-state index contributed by atoms with van der Waals surface area (Å²) in [6.45, 7) is 9.24. The monoisotopic (exact) mass is 472 g/mol. The third kappa shape index (κ3) is 7.21. The molecule has 0 aromatic carbocycles. The van der Waals surface area contributed by atoms with Crippen molar-refractivity contribution in [2.45, 2.75) is 50.6 Å². The second-order valence-corrected chi connectivity index (χ2v) is 8.73. The average Bonchev–Trinajstić information content (AvgIpc) is 3.06. The Bertz CT molecular complexity index is 755. The summed E-state index contributed by atoms with van der Waals surface area (Å²) in [5.41, 5.74) is 0.770. The molecule has 2 rings (SSSR count). The maximum absolute atomic E-state index is 11.8. The molecule has 2 aromatic rings. The van der Waals surface area contributed by atoms with Gasteiger partial charge in [0.2, 0.25) is 5.91 Å². The van der Waals surface area contributed by atoms with E-state index in [0.29, 0.717) is 49.7 Å². The van der Waals surface area contributed by atoms with Gasteiger partial charge in [-0.1, -0.05) is 41.5 Å². The molecule has 0 bridgehead atoms. The summed E-state index contributed by atoms with van der Waals surface area (Å²) in [4.78, 5) is 21.1. The number of amides is 1. The number of halogens is 1. The predicted octanol–water partition coefficient (Wildman–Crippen LogP) is 3.07. The predicted molar refractivity (Wildman–Crippen MR) is 117 cm³/mol. The van der Waals surface area contributed by atoms with Gasteiger partial charge in [-0.05, 0) is 13.3 Å². The van der Waals surface area contributed by atoms with Gasteiger partial charge in [0.25, 0.3) is 0 Å². The summed E-state index contributed by atoms with van der Waals surface area (Å²) >= 11 is 4.95. The van der Waals surface area contributed by atoms with Gasteiger partial charge in [-0.25, -0.2) is 14.6 Å². The van der Waals surface area contributed by atoms with E-state index in [1.54, 1.807) is 18.0 Å². The fourth-order valence-corrected chi connectivity index (χ4v) is 3.49. The molecule has 156 valence electrons. The van der Waals surface area contributed by atoms with Crippen LogP contribution >= 0.6 is 27.7 Å². The SMILES string of the molecule is CCOCCNc1nc(SC(C)C)nc2c1cnn2CCNC(=O)CCCBr. The molecular formula is C18H29BrN6O2S. The molecule has 0 aliphatic rings. The van der Waals surface area contributed by atoms with E-state index >= 15 is 0 Å². The Morgan fingerprint density at radius 1 is 1.36 bits per heavy atom. The highest BCUT2D eigenvalue weighted by atomic mass is 79.9. The van der Waals surface area contributed by atoms with Crippen molar-refractivity contribution in [3.8, 4) is 0 Å². The van der Waals surface area contributed by atoms with Crippen LogP contribution in [0.15, 0.2) is 11.4 Å². The molecule has 28 heavy (non-hydrogen) atoms. The average molecular weight is 473 g/mol. The number of hydrogen-bond donors (Lipinski definition) is 2. The number of rotatable bonds is 13. The molecule has 2 aromatic heterocycles. The van der Waals surface area contributed by atoms with Crippen molar-refractivity contribution in [1.29, 1.82) is 0 Å². The number of nitrogens with zero attached hydrogens (tertiary/aromatic N) is 4. The molecule has 0 aliphatic heterocycles. The van der Waals surface area contributed by atoms with Crippen LogP contribution in [0.25, 0.3) is 11.0 Å². The van der Waals surface area contributed by atoms with Gasteiger partial charge in [0, 0.05) is 36.7 Å². The van der Waals surface area contributed by atoms with Crippen LogP contribution in [0, 0.1) is 0 Å². The minimum Gasteiger partial charge on any atom is -0.380 e. The molecule has 0 atom stereocenters. The maximum atomic E-state index is 11.8. The van der Waals surface area contributed by atoms with Crippen molar-refractivity contribution >= 4 is 50.5 Å². The summed E-state index contributed by atoms with van der Waals surface area (Å²) < 4.78 is 7.22. The number of thioether (sulfide) groups is 1. The lowest BCUT2D eigenvalue weighted by Gasteiger charge is -2.11. The van der Waals surface area contributed by atoms with E-state index in [1.165, 1.54) is 0 Å². The standard InChI is InChI=1S/C18H29BrN6O2S/c1-4-27-11-9-21-16-14-12-22-25(10-8-20-15(26)6-5-7-19)17(14)24-18(23-16)28-13(2)3/h12-13H,4-11H2,1-3H3,(H,20,26)(H,21,23,24). The number of aromatic nitrogens is 4. The number of carbonyl (C=O) groups excluding carboxylic acids is 1. The molecule has 1 amide bonds. The van der Waals surface area contributed by atoms with Gasteiger partial charge in [0.1, 0.15) is 5.82 Å². The molecule has 2 heterocycles. The Hall–Kier alpha value is -1.39. The fourth-order valence-electron chi connectivity index (χ4n) is 2.50. The number of alkyl halides is 1. The van der Waals surface area contributed by atoms with Crippen molar-refractivity contribution in [3.05, 3.63) is 6.20 Å². The van der Waals surface area contributed by atoms with Crippen molar-refractivity contribution in [2.24, 2.45) is 0 Å². The first-order valence-electron chi connectivity index (χ1n) is 9.59. The van der Waals surface area contributed by atoms with E-state index in [1.807, 2.05) is 11.6 Å². The van der Waals surface area contributed by atoms with Gasteiger partial charge >= 0.3 is 0 Å². The molecule has 0 spiro atoms. The molecule has 10 heteroatoms. The molecule has 0 saturated heterocycles. The quantitative estimate of drug-likeness (QED) is 0.200. The van der Waals surface area contributed by atoms with E-state index in [9.17, 15) is 4.79 Å². The van der Waals surface area contributed by atoms with Crippen LogP contribution in [-0.2, 0) is 16.1 Å². The number of nitrogens with one attached hydrogen (secondary N) is 2. The van der Waals surface area contributed by atoms with Crippen molar-refractivity contribution < 1.29 is 9.53 Å². The van der Waals surface area contributed by atoms with Gasteiger partial charge in [-0.15, -0.1) is 0 Å². The Balaban J connectivity index is 2.12. The summed E-state index contributed by atoms with van der Waals surface area (Å²) in [6.07, 6.45) is 3.13. The first-order chi connectivity index (χ1) is 13.5. The maximum Gasteiger partial charge on any atom is 0.220 e. The zero-order valence-corrected chi connectivity index (χ0v) is 19.1. The highest BCUT2D eigenvalue weighted by molar-refractivity contribution is 9.09. The van der Waals surface area contributed by atoms with Gasteiger partial charge in [-0.3, -0.25) is 4.79 Å². The Labute approximate surface area is 178 Å². The third-order valence-electron chi connectivity index (χ3n) is 3.74. The summed E-state index contributed by atoms with van der Waals surface area (Å²) in [6, 6.07) is 0. The van der Waals surface area contributed by atoms with Crippen LogP contribution in [0.3, 0.4) is 0 Å². The molecule has 0 unspecified atom stereocenters. The Kier molecular flexibility index (Phi) is 10.0. The largest absolute Gasteiger partial charge is 0.380 e. The minimum absolute atomic E-state index is 0.0554. The van der Waals surface area contributed by atoms with Crippen LogP contribution < -0.4 is 10.6 Å². The number of anilines is 1. The summed E-state index contributed by atoms with van der Waals surface area (Å²) in [5, 5.41) is 13.5. The molecular weight excluding hydrogens is 444 g/mol. The summed E-state index contributed by atoms with van der Waals surface area (Å²) in [7, 11) is 0. The van der Waals surface area contributed by atoms with Crippen molar-refractivity contribution in [2.75, 3.05) is 37.0 Å². The van der Waals surface area contributed by atoms with Gasteiger partial charge < -0.3 is 15.4 Å². The Morgan fingerprint density at radius 3 is 2.89 bits per heavy atom. The van der Waals surface area contributed by atoms with Gasteiger partial charge in [0.05, 0.1) is 24.7 Å². The van der Waals surface area contributed by atoms with Crippen LogP contribution in [0.2, 0.25) is 0 Å². The highest BCUT2D eigenvalue weighted by Gasteiger charge is 2.14. The zero-order valence-electron chi connectivity index (χ0n) is 16.7. The second-order valence-electron chi connectivity index (χ2n) is 6.39. The molecule has 0 radical (unpaired) electrons. The molecule has 2 N–H and O–H groups in total. The topological polar surface area (TPSA) is 94.0 Å². The van der Waals surface area contributed by atoms with Crippen LogP contribution in [0.5, 0.6) is 0 Å². The van der Waals surface area contributed by atoms with Gasteiger partial charge in [0.15, 0.2) is 10.8 Å². The second kappa shape index (κ2) is 12.2. The number of hydrogen-bond acceptors (Lipinski definition) is 7. The van der Waals surface area contributed by atoms with Crippen molar-refractivity contribution in [1.82, 2.24) is 25.1 Å². The lowest BCUT2D eigenvalue weighted by atomic mass is 10.3. The fraction of sp³-hybridized carbons (Fsp3) is 0.667. The number of carbonyl (C=O) groups is 1. The summed E-state index contributed by atoms with van der Waals surface area (Å²) in [5.74, 6) is 0.820. The normalized spacial score (nSPS) is 11.3. The minimum atomic E-state index is 0.0554. The first-order valence-corrected chi connectivity index (χ1v) is 11.6. The highest BCUT2D eigenvalue weighted by Crippen LogP contribution is 2.26. The number of fused-ring (bicyclic) bond motifs is 1.